The Morgan fingerprint density at radius 3 is 2.80 bits per heavy atom. The first-order valence-electron chi connectivity index (χ1n) is 8.94. The first kappa shape index (κ1) is 17.3. The number of rotatable bonds is 7. The van der Waals surface area contributed by atoms with Crippen molar-refractivity contribution >= 4 is 5.91 Å². The van der Waals surface area contributed by atoms with E-state index in [1.165, 1.54) is 0 Å². The molecule has 1 N–H and O–H groups in total. The lowest BCUT2D eigenvalue weighted by molar-refractivity contribution is -0.130. The molecule has 0 saturated carbocycles. The van der Waals surface area contributed by atoms with Crippen LogP contribution in [0.25, 0.3) is 0 Å². The molecule has 0 radical (unpaired) electrons. The molecule has 25 heavy (non-hydrogen) atoms. The third kappa shape index (κ3) is 5.24. The van der Waals surface area contributed by atoms with Crippen molar-refractivity contribution in [1.29, 1.82) is 0 Å². The van der Waals surface area contributed by atoms with Crippen molar-refractivity contribution in [3.05, 3.63) is 60.2 Å². The van der Waals surface area contributed by atoms with Crippen molar-refractivity contribution in [2.75, 3.05) is 19.7 Å². The van der Waals surface area contributed by atoms with Gasteiger partial charge in [0.25, 0.3) is 0 Å². The van der Waals surface area contributed by atoms with Crippen LogP contribution in [-0.4, -0.2) is 35.6 Å². The molecule has 0 bridgehead atoms. The highest BCUT2D eigenvalue weighted by Crippen LogP contribution is 2.23. The van der Waals surface area contributed by atoms with Crippen LogP contribution in [0.4, 0.5) is 0 Å². The van der Waals surface area contributed by atoms with Crippen molar-refractivity contribution in [1.82, 2.24) is 4.90 Å². The van der Waals surface area contributed by atoms with Crippen LogP contribution in [0.15, 0.2) is 54.6 Å². The summed E-state index contributed by atoms with van der Waals surface area (Å²) in [6.45, 7) is 2.21. The molecule has 1 heterocycles. The van der Waals surface area contributed by atoms with E-state index in [2.05, 4.69) is 0 Å². The number of hydrogen-bond donors (Lipinski definition) is 1. The molecule has 1 unspecified atom stereocenters. The lowest BCUT2D eigenvalue weighted by Gasteiger charge is -2.17. The summed E-state index contributed by atoms with van der Waals surface area (Å²) >= 11 is 0. The summed E-state index contributed by atoms with van der Waals surface area (Å²) in [6, 6.07) is 17.1. The number of para-hydroxylation sites is 1. The molecule has 0 spiro atoms. The number of phenolic OH excluding ortho intramolecular Hbond substituents is 1. The number of amides is 1. The van der Waals surface area contributed by atoms with E-state index in [4.69, 9.17) is 4.74 Å². The van der Waals surface area contributed by atoms with Crippen LogP contribution >= 0.6 is 0 Å². The van der Waals surface area contributed by atoms with E-state index in [0.29, 0.717) is 24.7 Å². The second-order valence-electron chi connectivity index (χ2n) is 6.63. The number of hydrogen-bond acceptors (Lipinski definition) is 3. The molecule has 1 fully saturated rings. The molecule has 132 valence electrons. The minimum absolute atomic E-state index is 0.218. The highest BCUT2D eigenvalue weighted by atomic mass is 16.5. The fourth-order valence-corrected chi connectivity index (χ4v) is 3.33. The van der Waals surface area contributed by atoms with Crippen molar-refractivity contribution < 1.29 is 14.6 Å². The van der Waals surface area contributed by atoms with Gasteiger partial charge >= 0.3 is 0 Å². The Labute approximate surface area is 149 Å². The van der Waals surface area contributed by atoms with Crippen molar-refractivity contribution in [2.24, 2.45) is 5.92 Å². The molecule has 1 atom stereocenters. The van der Waals surface area contributed by atoms with Crippen LogP contribution in [0.3, 0.4) is 0 Å². The third-order valence-corrected chi connectivity index (χ3v) is 4.62. The summed E-state index contributed by atoms with van der Waals surface area (Å²) < 4.78 is 5.64. The summed E-state index contributed by atoms with van der Waals surface area (Å²) in [7, 11) is 0. The number of benzene rings is 2. The summed E-state index contributed by atoms with van der Waals surface area (Å²) in [5.41, 5.74) is 1.13. The van der Waals surface area contributed by atoms with Gasteiger partial charge < -0.3 is 14.7 Å². The van der Waals surface area contributed by atoms with E-state index >= 15 is 0 Å². The zero-order valence-electron chi connectivity index (χ0n) is 14.4. The van der Waals surface area contributed by atoms with E-state index in [-0.39, 0.29) is 5.91 Å². The van der Waals surface area contributed by atoms with Gasteiger partial charge in [-0.2, -0.15) is 0 Å². The number of carbonyl (C=O) groups is 1. The highest BCUT2D eigenvalue weighted by Gasteiger charge is 2.25. The van der Waals surface area contributed by atoms with Gasteiger partial charge in [0, 0.05) is 19.5 Å². The molecular formula is C21H25NO3. The van der Waals surface area contributed by atoms with Crippen LogP contribution in [0.5, 0.6) is 11.5 Å². The Morgan fingerprint density at radius 2 is 2.00 bits per heavy atom. The Balaban J connectivity index is 1.37. The fraction of sp³-hybridized carbons (Fsp3) is 0.381. The first-order valence-corrected chi connectivity index (χ1v) is 8.94. The van der Waals surface area contributed by atoms with Crippen LogP contribution in [-0.2, 0) is 11.2 Å². The van der Waals surface area contributed by atoms with Gasteiger partial charge in [0.05, 0.1) is 6.61 Å². The summed E-state index contributed by atoms with van der Waals surface area (Å²) in [5.74, 6) is 1.85. The van der Waals surface area contributed by atoms with E-state index in [1.54, 1.807) is 6.07 Å². The number of nitrogens with zero attached hydrogens (tertiary/aromatic N) is 1. The van der Waals surface area contributed by atoms with Crippen LogP contribution in [0.2, 0.25) is 0 Å². The number of phenols is 1. The van der Waals surface area contributed by atoms with Gasteiger partial charge in [0.1, 0.15) is 11.5 Å². The minimum Gasteiger partial charge on any atom is -0.508 e. The van der Waals surface area contributed by atoms with Crippen molar-refractivity contribution in [2.45, 2.75) is 25.7 Å². The Bertz CT molecular complexity index is 687. The predicted octanol–water partition coefficient (Wildman–Crippen LogP) is 3.64. The number of carbonyl (C=O) groups excluding carboxylic acids is 1. The SMILES string of the molecule is O=C(CCCOc1ccccc1)N1CCC(Cc2cccc(O)c2)C1. The molecule has 4 nitrogen and oxygen atoms in total. The molecule has 0 aromatic heterocycles. The van der Waals surface area contributed by atoms with Gasteiger partial charge in [-0.1, -0.05) is 30.3 Å². The smallest absolute Gasteiger partial charge is 0.222 e. The van der Waals surface area contributed by atoms with Gasteiger partial charge in [0.15, 0.2) is 0 Å². The minimum atomic E-state index is 0.218. The van der Waals surface area contributed by atoms with Gasteiger partial charge in [-0.25, -0.2) is 0 Å². The molecule has 4 heteroatoms. The molecule has 1 aliphatic rings. The second-order valence-corrected chi connectivity index (χ2v) is 6.63. The Hall–Kier alpha value is -2.49. The lowest BCUT2D eigenvalue weighted by atomic mass is 9.98. The summed E-state index contributed by atoms with van der Waals surface area (Å²) in [6.07, 6.45) is 3.21. The topological polar surface area (TPSA) is 49.8 Å². The number of likely N-dealkylation sites (tertiary alicyclic amines) is 1. The van der Waals surface area contributed by atoms with Gasteiger partial charge in [0.2, 0.25) is 5.91 Å². The maximum absolute atomic E-state index is 12.3. The van der Waals surface area contributed by atoms with Crippen LogP contribution < -0.4 is 4.74 Å². The largest absolute Gasteiger partial charge is 0.508 e. The molecule has 1 amide bonds. The molecule has 2 aromatic carbocycles. The van der Waals surface area contributed by atoms with Crippen LogP contribution in [0, 0.1) is 5.92 Å². The molecule has 1 aliphatic heterocycles. The van der Waals surface area contributed by atoms with Gasteiger partial charge in [-0.3, -0.25) is 4.79 Å². The number of ether oxygens (including phenoxy) is 1. The average molecular weight is 339 g/mol. The maximum atomic E-state index is 12.3. The first-order chi connectivity index (χ1) is 12.2. The highest BCUT2D eigenvalue weighted by molar-refractivity contribution is 5.76. The standard InChI is InChI=1S/C21H25NO3/c23-19-7-4-6-17(15-19)14-18-11-12-22(16-18)21(24)10-5-13-25-20-8-2-1-3-9-20/h1-4,6-9,15,18,23H,5,10-14,16H2. The molecule has 3 rings (SSSR count). The fourth-order valence-electron chi connectivity index (χ4n) is 3.33. The molecule has 1 saturated heterocycles. The van der Waals surface area contributed by atoms with E-state index in [0.717, 1.165) is 43.7 Å². The van der Waals surface area contributed by atoms with Crippen molar-refractivity contribution in [3.63, 3.8) is 0 Å². The molecular weight excluding hydrogens is 314 g/mol. The van der Waals surface area contributed by atoms with Gasteiger partial charge in [-0.15, -0.1) is 0 Å². The zero-order chi connectivity index (χ0) is 17.5. The van der Waals surface area contributed by atoms with Crippen LogP contribution in [0.1, 0.15) is 24.8 Å². The lowest BCUT2D eigenvalue weighted by Crippen LogP contribution is -2.29. The second kappa shape index (κ2) is 8.56. The van der Waals surface area contributed by atoms with Crippen molar-refractivity contribution in [3.8, 4) is 11.5 Å². The predicted molar refractivity (Wildman–Crippen MR) is 97.7 cm³/mol. The number of aromatic hydroxyl groups is 1. The molecule has 0 aliphatic carbocycles. The summed E-state index contributed by atoms with van der Waals surface area (Å²) in [4.78, 5) is 14.3. The quantitative estimate of drug-likeness (QED) is 0.784. The van der Waals surface area contributed by atoms with Gasteiger partial charge in [-0.05, 0) is 55.0 Å². The Morgan fingerprint density at radius 1 is 1.16 bits per heavy atom. The Kier molecular flexibility index (Phi) is 5.94. The maximum Gasteiger partial charge on any atom is 0.222 e. The summed E-state index contributed by atoms with van der Waals surface area (Å²) in [5, 5.41) is 9.55. The van der Waals surface area contributed by atoms with E-state index in [1.807, 2.05) is 53.4 Å². The van der Waals surface area contributed by atoms with E-state index < -0.39 is 0 Å². The average Bonchev–Trinajstić information content (AvgIpc) is 3.08. The zero-order valence-corrected chi connectivity index (χ0v) is 14.4. The monoisotopic (exact) mass is 339 g/mol. The normalized spacial score (nSPS) is 16.8. The molecule has 2 aromatic rings. The van der Waals surface area contributed by atoms with E-state index in [9.17, 15) is 9.90 Å². The third-order valence-electron chi connectivity index (χ3n) is 4.62.